The molecule has 1 aromatic rings. The lowest BCUT2D eigenvalue weighted by atomic mass is 10.1. The summed E-state index contributed by atoms with van der Waals surface area (Å²) < 4.78 is 31.7. The van der Waals surface area contributed by atoms with Gasteiger partial charge in [-0.2, -0.15) is 0 Å². The predicted octanol–water partition coefficient (Wildman–Crippen LogP) is 1.18. The molecule has 2 saturated heterocycles. The Balaban J connectivity index is 1.75. The zero-order valence-corrected chi connectivity index (χ0v) is 12.9. The molecule has 0 radical (unpaired) electrons. The van der Waals surface area contributed by atoms with Gasteiger partial charge in [0.25, 0.3) is 0 Å². The minimum absolute atomic E-state index is 0.0203. The van der Waals surface area contributed by atoms with Gasteiger partial charge in [0.1, 0.15) is 6.04 Å². The predicted molar refractivity (Wildman–Crippen MR) is 82.0 cm³/mol. The van der Waals surface area contributed by atoms with Crippen molar-refractivity contribution < 1.29 is 23.1 Å². The van der Waals surface area contributed by atoms with Gasteiger partial charge in [0.15, 0.2) is 11.6 Å². The fourth-order valence-corrected chi connectivity index (χ4v) is 3.02. The first kappa shape index (κ1) is 16.4. The summed E-state index contributed by atoms with van der Waals surface area (Å²) in [5.74, 6) is -0.564. The molecule has 0 aromatic heterocycles. The largest absolute Gasteiger partial charge is 0.376 e. The average molecular weight is 334 g/mol. The highest BCUT2D eigenvalue weighted by atomic mass is 19.2. The Kier molecular flexibility index (Phi) is 4.49. The number of hydrogen-bond acceptors (Lipinski definition) is 3. The Bertz CT molecular complexity index is 716. The van der Waals surface area contributed by atoms with Crippen LogP contribution in [0.3, 0.4) is 0 Å². The molecule has 0 bridgehead atoms. The van der Waals surface area contributed by atoms with Crippen molar-refractivity contribution in [2.45, 2.75) is 12.5 Å². The average Bonchev–Trinajstić information content (AvgIpc) is 2.98. The van der Waals surface area contributed by atoms with E-state index in [1.807, 2.05) is 0 Å². The molecule has 2 atom stereocenters. The highest BCUT2D eigenvalue weighted by Crippen LogP contribution is 2.28. The van der Waals surface area contributed by atoms with Crippen LogP contribution in [0.25, 0.3) is 0 Å². The van der Waals surface area contributed by atoms with Gasteiger partial charge in [0.05, 0.1) is 19.1 Å². The number of anilines is 1. The van der Waals surface area contributed by atoms with E-state index in [1.54, 1.807) is 4.90 Å². The molecule has 126 valence electrons. The number of amides is 2. The quantitative estimate of drug-likeness (QED) is 0.763. The second-order valence-corrected chi connectivity index (χ2v) is 5.79. The van der Waals surface area contributed by atoms with Gasteiger partial charge in [-0.25, -0.2) is 8.78 Å². The molecule has 2 heterocycles. The minimum Gasteiger partial charge on any atom is -0.376 e. The summed E-state index contributed by atoms with van der Waals surface area (Å²) in [5.41, 5.74) is 0.240. The van der Waals surface area contributed by atoms with Crippen LogP contribution in [0.1, 0.15) is 6.42 Å². The normalized spacial score (nSPS) is 24.1. The lowest BCUT2D eigenvalue weighted by Crippen LogP contribution is -2.50. The van der Waals surface area contributed by atoms with E-state index in [0.717, 1.165) is 12.1 Å². The molecule has 3 rings (SSSR count). The summed E-state index contributed by atoms with van der Waals surface area (Å²) in [4.78, 5) is 27.7. The van der Waals surface area contributed by atoms with Crippen molar-refractivity contribution in [2.75, 3.05) is 31.2 Å². The highest BCUT2D eigenvalue weighted by Gasteiger charge is 2.39. The molecule has 2 amide bonds. The number of carbonyl (C=O) groups is 2. The van der Waals surface area contributed by atoms with Crippen LogP contribution in [0.15, 0.2) is 18.2 Å². The van der Waals surface area contributed by atoms with E-state index >= 15 is 0 Å². The van der Waals surface area contributed by atoms with Gasteiger partial charge in [-0.3, -0.25) is 9.59 Å². The molecule has 2 aliphatic rings. The van der Waals surface area contributed by atoms with Crippen LogP contribution in [0, 0.1) is 29.9 Å². The molecular formula is C17H16F2N2O3. The fraction of sp³-hybridized carbons (Fsp3) is 0.412. The zero-order chi connectivity index (χ0) is 17.3. The van der Waals surface area contributed by atoms with Crippen molar-refractivity contribution in [2.24, 2.45) is 5.92 Å². The molecular weight excluding hydrogens is 318 g/mol. The molecule has 2 fully saturated rings. The van der Waals surface area contributed by atoms with Gasteiger partial charge in [-0.05, 0) is 12.1 Å². The second kappa shape index (κ2) is 6.57. The van der Waals surface area contributed by atoms with Crippen LogP contribution in [0.5, 0.6) is 0 Å². The number of halogens is 2. The van der Waals surface area contributed by atoms with E-state index < -0.39 is 23.6 Å². The standard InChI is InChI=1S/C17H16F2N2O3/c1-2-12-10-24-6-5-20(12)17(23)11-7-16(22)21(9-11)13-3-4-14(18)15(19)8-13/h1,3-4,8,11-12H,5-7,9-10H2/t11-,12+/m1/s1. The van der Waals surface area contributed by atoms with Crippen LogP contribution in [0.4, 0.5) is 14.5 Å². The summed E-state index contributed by atoms with van der Waals surface area (Å²) in [6.45, 7) is 1.17. The van der Waals surface area contributed by atoms with Crippen molar-refractivity contribution in [3.63, 3.8) is 0 Å². The number of nitrogens with zero attached hydrogens (tertiary/aromatic N) is 2. The van der Waals surface area contributed by atoms with Gasteiger partial charge in [0.2, 0.25) is 11.8 Å². The molecule has 1 aromatic carbocycles. The molecule has 5 nitrogen and oxygen atoms in total. The number of morpholine rings is 1. The maximum absolute atomic E-state index is 13.4. The first-order valence-electron chi connectivity index (χ1n) is 7.61. The Morgan fingerprint density at radius 1 is 1.33 bits per heavy atom. The van der Waals surface area contributed by atoms with Crippen LogP contribution >= 0.6 is 0 Å². The molecule has 2 aliphatic heterocycles. The van der Waals surface area contributed by atoms with Gasteiger partial charge in [0, 0.05) is 31.3 Å². The van der Waals surface area contributed by atoms with Crippen LogP contribution in [-0.2, 0) is 14.3 Å². The maximum Gasteiger partial charge on any atom is 0.229 e. The lowest BCUT2D eigenvalue weighted by molar-refractivity contribution is -0.142. The topological polar surface area (TPSA) is 49.9 Å². The maximum atomic E-state index is 13.4. The summed E-state index contributed by atoms with van der Waals surface area (Å²) in [6.07, 6.45) is 5.45. The first-order chi connectivity index (χ1) is 11.5. The van der Waals surface area contributed by atoms with Gasteiger partial charge in [-0.1, -0.05) is 5.92 Å². The third kappa shape index (κ3) is 2.97. The summed E-state index contributed by atoms with van der Waals surface area (Å²) in [5, 5.41) is 0. The minimum atomic E-state index is -1.03. The van der Waals surface area contributed by atoms with E-state index in [-0.39, 0.29) is 37.1 Å². The number of terminal acetylenes is 1. The van der Waals surface area contributed by atoms with E-state index in [9.17, 15) is 18.4 Å². The monoisotopic (exact) mass is 334 g/mol. The van der Waals surface area contributed by atoms with Gasteiger partial charge < -0.3 is 14.5 Å². The van der Waals surface area contributed by atoms with Gasteiger partial charge in [-0.15, -0.1) is 6.42 Å². The molecule has 24 heavy (non-hydrogen) atoms. The molecule has 0 spiro atoms. The second-order valence-electron chi connectivity index (χ2n) is 5.79. The highest BCUT2D eigenvalue weighted by molar-refractivity contribution is 6.00. The molecule has 7 heteroatoms. The van der Waals surface area contributed by atoms with Crippen LogP contribution in [-0.4, -0.2) is 49.1 Å². The van der Waals surface area contributed by atoms with Gasteiger partial charge >= 0.3 is 0 Å². The zero-order valence-electron chi connectivity index (χ0n) is 12.9. The van der Waals surface area contributed by atoms with Crippen molar-refractivity contribution in [3.8, 4) is 12.3 Å². The Morgan fingerprint density at radius 3 is 2.83 bits per heavy atom. The Labute approximate surface area is 138 Å². The lowest BCUT2D eigenvalue weighted by Gasteiger charge is -2.34. The molecule has 0 unspecified atom stereocenters. The van der Waals surface area contributed by atoms with Crippen molar-refractivity contribution >= 4 is 17.5 Å². The third-order valence-electron chi connectivity index (χ3n) is 4.29. The van der Waals surface area contributed by atoms with Crippen LogP contribution in [0.2, 0.25) is 0 Å². The van der Waals surface area contributed by atoms with Crippen LogP contribution < -0.4 is 4.90 Å². The van der Waals surface area contributed by atoms with E-state index in [1.165, 1.54) is 11.0 Å². The SMILES string of the molecule is C#C[C@H]1COCCN1C(=O)[C@@H]1CC(=O)N(c2ccc(F)c(F)c2)C1. The first-order valence-corrected chi connectivity index (χ1v) is 7.61. The van der Waals surface area contributed by atoms with E-state index in [0.29, 0.717) is 13.2 Å². The summed E-state index contributed by atoms with van der Waals surface area (Å²) in [6, 6.07) is 2.80. The summed E-state index contributed by atoms with van der Waals surface area (Å²) >= 11 is 0. The fourth-order valence-electron chi connectivity index (χ4n) is 3.02. The van der Waals surface area contributed by atoms with E-state index in [4.69, 9.17) is 11.2 Å². The van der Waals surface area contributed by atoms with Crippen molar-refractivity contribution in [3.05, 3.63) is 29.8 Å². The number of hydrogen-bond donors (Lipinski definition) is 0. The molecule has 0 aliphatic carbocycles. The number of ether oxygens (including phenoxy) is 1. The van der Waals surface area contributed by atoms with Crippen molar-refractivity contribution in [1.29, 1.82) is 0 Å². The van der Waals surface area contributed by atoms with Crippen molar-refractivity contribution in [1.82, 2.24) is 4.90 Å². The Hall–Kier alpha value is -2.46. The smallest absolute Gasteiger partial charge is 0.229 e. The Morgan fingerprint density at radius 2 is 2.12 bits per heavy atom. The third-order valence-corrected chi connectivity index (χ3v) is 4.29. The number of carbonyl (C=O) groups excluding carboxylic acids is 2. The molecule has 0 saturated carbocycles. The number of benzene rings is 1. The summed E-state index contributed by atoms with van der Waals surface area (Å²) in [7, 11) is 0. The molecule has 0 N–H and O–H groups in total. The number of rotatable bonds is 2. The van der Waals surface area contributed by atoms with E-state index in [2.05, 4.69) is 5.92 Å².